The molecule has 2 heterocycles. The monoisotopic (exact) mass is 238 g/mol. The molecule has 0 unspecified atom stereocenters. The number of fused-ring (bicyclic) bond motifs is 1. The van der Waals surface area contributed by atoms with Crippen LogP contribution in [0.3, 0.4) is 0 Å². The average molecular weight is 238 g/mol. The predicted octanol–water partition coefficient (Wildman–Crippen LogP) is 2.81. The zero-order valence-corrected chi connectivity index (χ0v) is 9.34. The standard InChI is InChI=1S/C12H12F2N2O/c1-2-3-7-4-10-9(15-6-7)5-8(11(13)14)12(17)16-10/h4-6,11H,2-3H2,1H3,(H,16,17). The Bertz CT molecular complexity index is 593. The van der Waals surface area contributed by atoms with E-state index in [1.807, 2.05) is 6.92 Å². The number of aromatic amines is 1. The summed E-state index contributed by atoms with van der Waals surface area (Å²) in [6, 6.07) is 2.93. The zero-order chi connectivity index (χ0) is 12.4. The number of aromatic nitrogens is 2. The molecule has 0 amide bonds. The number of aryl methyl sites for hydroxylation is 1. The Hall–Kier alpha value is -1.78. The predicted molar refractivity (Wildman–Crippen MR) is 61.3 cm³/mol. The molecule has 1 N–H and O–H groups in total. The summed E-state index contributed by atoms with van der Waals surface area (Å²) in [6.07, 6.45) is 0.688. The van der Waals surface area contributed by atoms with Gasteiger partial charge in [0.1, 0.15) is 0 Å². The molecule has 0 aliphatic carbocycles. The number of alkyl halides is 2. The molecule has 0 aliphatic heterocycles. The van der Waals surface area contributed by atoms with Gasteiger partial charge < -0.3 is 4.98 Å². The quantitative estimate of drug-likeness (QED) is 0.893. The van der Waals surface area contributed by atoms with Gasteiger partial charge >= 0.3 is 0 Å². The van der Waals surface area contributed by atoms with Gasteiger partial charge in [-0.05, 0) is 24.1 Å². The first-order valence-corrected chi connectivity index (χ1v) is 5.42. The summed E-state index contributed by atoms with van der Waals surface area (Å²) < 4.78 is 25.0. The topological polar surface area (TPSA) is 45.8 Å². The van der Waals surface area contributed by atoms with Crippen molar-refractivity contribution in [1.29, 1.82) is 0 Å². The van der Waals surface area contributed by atoms with Gasteiger partial charge in [0, 0.05) is 6.20 Å². The third-order valence-corrected chi connectivity index (χ3v) is 2.55. The van der Waals surface area contributed by atoms with Crippen LogP contribution in [0.15, 0.2) is 23.1 Å². The third kappa shape index (κ3) is 2.33. The third-order valence-electron chi connectivity index (χ3n) is 2.55. The lowest BCUT2D eigenvalue weighted by Crippen LogP contribution is -2.13. The molecule has 0 atom stereocenters. The number of hydrogen-bond acceptors (Lipinski definition) is 2. The largest absolute Gasteiger partial charge is 0.320 e. The van der Waals surface area contributed by atoms with Gasteiger partial charge in [0.15, 0.2) is 0 Å². The summed E-state index contributed by atoms with van der Waals surface area (Å²) in [7, 11) is 0. The minimum atomic E-state index is -2.78. The number of pyridine rings is 2. The van der Waals surface area contributed by atoms with Gasteiger partial charge in [-0.2, -0.15) is 0 Å². The van der Waals surface area contributed by atoms with Crippen LogP contribution < -0.4 is 5.56 Å². The summed E-state index contributed by atoms with van der Waals surface area (Å²) in [5, 5.41) is 0. The van der Waals surface area contributed by atoms with Crippen molar-refractivity contribution in [2.75, 3.05) is 0 Å². The zero-order valence-electron chi connectivity index (χ0n) is 9.34. The van der Waals surface area contributed by atoms with Crippen LogP contribution in [0.25, 0.3) is 11.0 Å². The van der Waals surface area contributed by atoms with Crippen molar-refractivity contribution >= 4 is 11.0 Å². The molecule has 2 rings (SSSR count). The van der Waals surface area contributed by atoms with Crippen molar-refractivity contribution in [3.63, 3.8) is 0 Å². The molecule has 90 valence electrons. The van der Waals surface area contributed by atoms with Crippen LogP contribution in [0.4, 0.5) is 8.78 Å². The average Bonchev–Trinajstić information content (AvgIpc) is 2.28. The molecule has 0 saturated carbocycles. The summed E-state index contributed by atoms with van der Waals surface area (Å²) in [6.45, 7) is 2.03. The summed E-state index contributed by atoms with van der Waals surface area (Å²) in [4.78, 5) is 17.9. The molecule has 0 radical (unpaired) electrons. The molecule has 0 spiro atoms. The van der Waals surface area contributed by atoms with E-state index in [1.54, 1.807) is 12.3 Å². The molecule has 0 aliphatic rings. The number of hydrogen-bond donors (Lipinski definition) is 1. The highest BCUT2D eigenvalue weighted by molar-refractivity contribution is 5.74. The van der Waals surface area contributed by atoms with Crippen molar-refractivity contribution in [1.82, 2.24) is 9.97 Å². The number of rotatable bonds is 3. The molecule has 0 aromatic carbocycles. The Balaban J connectivity index is 2.58. The second-order valence-corrected chi connectivity index (χ2v) is 3.88. The second-order valence-electron chi connectivity index (χ2n) is 3.88. The lowest BCUT2D eigenvalue weighted by molar-refractivity contribution is 0.150. The number of nitrogens with one attached hydrogen (secondary N) is 1. The summed E-state index contributed by atoms with van der Waals surface area (Å²) in [5.74, 6) is 0. The Morgan fingerprint density at radius 2 is 2.18 bits per heavy atom. The Morgan fingerprint density at radius 1 is 1.41 bits per heavy atom. The first-order valence-electron chi connectivity index (χ1n) is 5.42. The van der Waals surface area contributed by atoms with Crippen LogP contribution >= 0.6 is 0 Å². The van der Waals surface area contributed by atoms with E-state index in [2.05, 4.69) is 9.97 Å². The van der Waals surface area contributed by atoms with Crippen LogP contribution in [0.2, 0.25) is 0 Å². The van der Waals surface area contributed by atoms with Gasteiger partial charge in [-0.1, -0.05) is 13.3 Å². The first kappa shape index (κ1) is 11.7. The number of halogens is 2. The van der Waals surface area contributed by atoms with Crippen molar-refractivity contribution in [2.45, 2.75) is 26.2 Å². The van der Waals surface area contributed by atoms with Crippen LogP contribution in [-0.4, -0.2) is 9.97 Å². The molecule has 5 heteroatoms. The highest BCUT2D eigenvalue weighted by atomic mass is 19.3. The van der Waals surface area contributed by atoms with E-state index < -0.39 is 17.5 Å². The lowest BCUT2D eigenvalue weighted by Gasteiger charge is -2.04. The molecule has 0 fully saturated rings. The van der Waals surface area contributed by atoms with Gasteiger partial charge in [-0.25, -0.2) is 8.78 Å². The van der Waals surface area contributed by atoms with Crippen LogP contribution in [0, 0.1) is 0 Å². The maximum atomic E-state index is 12.5. The van der Waals surface area contributed by atoms with Crippen LogP contribution in [0.5, 0.6) is 0 Å². The van der Waals surface area contributed by atoms with Gasteiger partial charge in [0.05, 0.1) is 16.6 Å². The number of H-pyrrole nitrogens is 1. The Labute approximate surface area is 96.5 Å². The highest BCUT2D eigenvalue weighted by Crippen LogP contribution is 2.18. The first-order chi connectivity index (χ1) is 8.11. The normalized spacial score (nSPS) is 11.3. The Kier molecular flexibility index (Phi) is 3.17. The molecule has 2 aromatic rings. The SMILES string of the molecule is CCCc1cnc2cc(C(F)F)c(=O)[nH]c2c1. The molecular weight excluding hydrogens is 226 g/mol. The summed E-state index contributed by atoms with van der Waals surface area (Å²) >= 11 is 0. The minimum absolute atomic E-state index is 0.389. The van der Waals surface area contributed by atoms with Crippen molar-refractivity contribution in [3.8, 4) is 0 Å². The number of nitrogens with zero attached hydrogens (tertiary/aromatic N) is 1. The van der Waals surface area contributed by atoms with E-state index in [0.717, 1.165) is 24.5 Å². The van der Waals surface area contributed by atoms with E-state index in [4.69, 9.17) is 0 Å². The molecule has 0 saturated heterocycles. The minimum Gasteiger partial charge on any atom is -0.320 e. The van der Waals surface area contributed by atoms with Gasteiger partial charge in [-0.3, -0.25) is 9.78 Å². The van der Waals surface area contributed by atoms with E-state index in [1.165, 1.54) is 0 Å². The van der Waals surface area contributed by atoms with E-state index in [0.29, 0.717) is 11.0 Å². The fourth-order valence-electron chi connectivity index (χ4n) is 1.73. The molecular formula is C12H12F2N2O. The molecule has 0 bridgehead atoms. The van der Waals surface area contributed by atoms with Gasteiger partial charge in [0.2, 0.25) is 0 Å². The molecule has 3 nitrogen and oxygen atoms in total. The smallest absolute Gasteiger partial charge is 0.269 e. The van der Waals surface area contributed by atoms with Crippen molar-refractivity contribution < 1.29 is 8.78 Å². The van der Waals surface area contributed by atoms with Crippen LogP contribution in [-0.2, 0) is 6.42 Å². The van der Waals surface area contributed by atoms with E-state index in [-0.39, 0.29) is 0 Å². The van der Waals surface area contributed by atoms with Crippen molar-refractivity contribution in [2.24, 2.45) is 0 Å². The van der Waals surface area contributed by atoms with Gasteiger partial charge in [-0.15, -0.1) is 0 Å². The van der Waals surface area contributed by atoms with Gasteiger partial charge in [0.25, 0.3) is 12.0 Å². The Morgan fingerprint density at radius 3 is 2.82 bits per heavy atom. The van der Waals surface area contributed by atoms with Crippen molar-refractivity contribution in [3.05, 3.63) is 39.8 Å². The second kappa shape index (κ2) is 4.61. The highest BCUT2D eigenvalue weighted by Gasteiger charge is 2.13. The lowest BCUT2D eigenvalue weighted by atomic mass is 10.1. The maximum absolute atomic E-state index is 12.5. The van der Waals surface area contributed by atoms with E-state index in [9.17, 15) is 13.6 Å². The van der Waals surface area contributed by atoms with Crippen LogP contribution in [0.1, 0.15) is 30.9 Å². The fourth-order valence-corrected chi connectivity index (χ4v) is 1.73. The summed E-state index contributed by atoms with van der Waals surface area (Å²) in [5.41, 5.74) is 0.599. The molecule has 2 aromatic heterocycles. The maximum Gasteiger partial charge on any atom is 0.269 e. The molecule has 17 heavy (non-hydrogen) atoms. The fraction of sp³-hybridized carbons (Fsp3) is 0.333. The van der Waals surface area contributed by atoms with E-state index >= 15 is 0 Å².